The molecule has 29 heavy (non-hydrogen) atoms. The van der Waals surface area contributed by atoms with Crippen molar-refractivity contribution in [2.24, 2.45) is 0 Å². The van der Waals surface area contributed by atoms with Crippen molar-refractivity contribution in [1.82, 2.24) is 0 Å². The Morgan fingerprint density at radius 3 is 2.41 bits per heavy atom. The van der Waals surface area contributed by atoms with E-state index in [1.165, 1.54) is 10.8 Å². The molecule has 4 rings (SSSR count). The van der Waals surface area contributed by atoms with E-state index in [0.29, 0.717) is 29.7 Å². The van der Waals surface area contributed by atoms with E-state index >= 15 is 0 Å². The second-order valence-corrected chi connectivity index (χ2v) is 7.16. The molecule has 0 aliphatic rings. The number of methoxy groups -OCH3 is 1. The first-order valence-electron chi connectivity index (χ1n) is 9.49. The van der Waals surface area contributed by atoms with Crippen LogP contribution in [0.15, 0.2) is 84.9 Å². The van der Waals surface area contributed by atoms with E-state index in [1.807, 2.05) is 60.7 Å². The summed E-state index contributed by atoms with van der Waals surface area (Å²) in [6.45, 7) is 1.04. The number of anilines is 1. The monoisotopic (exact) mass is 403 g/mol. The third kappa shape index (κ3) is 4.47. The summed E-state index contributed by atoms with van der Waals surface area (Å²) in [5.74, 6) is 1.30. The maximum Gasteiger partial charge on any atom is 0.163 e. The Hall–Kier alpha value is -3.17. The number of ether oxygens (including phenoxy) is 2. The predicted molar refractivity (Wildman–Crippen MR) is 120 cm³/mol. The molecule has 0 aliphatic heterocycles. The van der Waals surface area contributed by atoms with Crippen molar-refractivity contribution < 1.29 is 9.47 Å². The molecule has 0 heterocycles. The molecule has 0 atom stereocenters. The molecular formula is C25H22ClNO2. The summed E-state index contributed by atoms with van der Waals surface area (Å²) in [5.41, 5.74) is 3.11. The first-order chi connectivity index (χ1) is 14.2. The summed E-state index contributed by atoms with van der Waals surface area (Å²) in [6.07, 6.45) is 0. The second-order valence-electron chi connectivity index (χ2n) is 6.75. The zero-order chi connectivity index (χ0) is 20.1. The van der Waals surface area contributed by atoms with Gasteiger partial charge in [0.1, 0.15) is 6.61 Å². The summed E-state index contributed by atoms with van der Waals surface area (Å²) in [6, 6.07) is 28.3. The van der Waals surface area contributed by atoms with E-state index in [0.717, 1.165) is 16.8 Å². The molecular weight excluding hydrogens is 382 g/mol. The number of hydrogen-bond acceptors (Lipinski definition) is 3. The van der Waals surface area contributed by atoms with Gasteiger partial charge >= 0.3 is 0 Å². The number of fused-ring (bicyclic) bond motifs is 1. The second kappa shape index (κ2) is 8.89. The molecule has 0 radical (unpaired) electrons. The van der Waals surface area contributed by atoms with Crippen LogP contribution in [-0.4, -0.2) is 7.11 Å². The summed E-state index contributed by atoms with van der Waals surface area (Å²) in [4.78, 5) is 0. The predicted octanol–water partition coefficient (Wildman–Crippen LogP) is 6.69. The lowest BCUT2D eigenvalue weighted by Gasteiger charge is -2.15. The zero-order valence-electron chi connectivity index (χ0n) is 16.2. The Kier molecular flexibility index (Phi) is 5.87. The van der Waals surface area contributed by atoms with Crippen LogP contribution in [0.4, 0.5) is 5.69 Å². The quantitative estimate of drug-likeness (QED) is 0.372. The summed E-state index contributed by atoms with van der Waals surface area (Å²) in [7, 11) is 1.64. The maximum atomic E-state index is 6.55. The molecule has 4 aromatic carbocycles. The van der Waals surface area contributed by atoms with Gasteiger partial charge in [-0.3, -0.25) is 0 Å². The fourth-order valence-corrected chi connectivity index (χ4v) is 3.51. The Labute approximate surface area is 175 Å². The molecule has 0 aliphatic carbocycles. The van der Waals surface area contributed by atoms with Gasteiger partial charge in [-0.25, -0.2) is 0 Å². The molecule has 0 unspecified atom stereocenters. The highest BCUT2D eigenvalue weighted by molar-refractivity contribution is 6.31. The Morgan fingerprint density at radius 1 is 0.828 bits per heavy atom. The van der Waals surface area contributed by atoms with Crippen molar-refractivity contribution in [2.45, 2.75) is 13.2 Å². The third-order valence-corrected chi connectivity index (χ3v) is 5.18. The first-order valence-corrected chi connectivity index (χ1v) is 9.87. The molecule has 0 saturated heterocycles. The Bertz CT molecular complexity index is 1110. The lowest BCUT2D eigenvalue weighted by Crippen LogP contribution is -2.03. The highest BCUT2D eigenvalue weighted by Gasteiger charge is 2.11. The smallest absolute Gasteiger partial charge is 0.163 e. The number of benzene rings is 4. The van der Waals surface area contributed by atoms with Crippen molar-refractivity contribution in [3.63, 3.8) is 0 Å². The van der Waals surface area contributed by atoms with Gasteiger partial charge in [-0.05, 0) is 28.6 Å². The van der Waals surface area contributed by atoms with E-state index in [2.05, 4.69) is 29.6 Å². The largest absolute Gasteiger partial charge is 0.493 e. The van der Waals surface area contributed by atoms with Crippen molar-refractivity contribution >= 4 is 28.1 Å². The molecule has 4 heteroatoms. The normalized spacial score (nSPS) is 10.7. The van der Waals surface area contributed by atoms with E-state index in [4.69, 9.17) is 21.1 Å². The number of rotatable bonds is 7. The molecule has 4 aromatic rings. The highest BCUT2D eigenvalue weighted by atomic mass is 35.5. The average molecular weight is 404 g/mol. The first kappa shape index (κ1) is 19.2. The molecule has 0 spiro atoms. The lowest BCUT2D eigenvalue weighted by molar-refractivity contribution is 0.284. The number of halogens is 1. The van der Waals surface area contributed by atoms with Gasteiger partial charge in [0.05, 0.1) is 7.11 Å². The Morgan fingerprint density at radius 2 is 1.59 bits per heavy atom. The topological polar surface area (TPSA) is 30.5 Å². The molecule has 0 bridgehead atoms. The van der Waals surface area contributed by atoms with E-state index in [1.54, 1.807) is 7.11 Å². The van der Waals surface area contributed by atoms with E-state index in [-0.39, 0.29) is 0 Å². The Balaban J connectivity index is 1.52. The van der Waals surface area contributed by atoms with Crippen molar-refractivity contribution in [2.75, 3.05) is 12.4 Å². The third-order valence-electron chi connectivity index (χ3n) is 4.83. The van der Waals surface area contributed by atoms with Crippen molar-refractivity contribution in [1.29, 1.82) is 0 Å². The minimum absolute atomic E-state index is 0.459. The van der Waals surface area contributed by atoms with Crippen LogP contribution in [0.3, 0.4) is 0 Å². The molecule has 0 amide bonds. The fourth-order valence-electron chi connectivity index (χ4n) is 3.29. The van der Waals surface area contributed by atoms with Gasteiger partial charge in [0, 0.05) is 28.7 Å². The van der Waals surface area contributed by atoms with Crippen LogP contribution in [0.1, 0.15) is 11.1 Å². The maximum absolute atomic E-state index is 6.55. The number of hydrogen-bond donors (Lipinski definition) is 1. The fraction of sp³-hybridized carbons (Fsp3) is 0.120. The molecule has 0 saturated carbocycles. The van der Waals surface area contributed by atoms with E-state index < -0.39 is 0 Å². The summed E-state index contributed by atoms with van der Waals surface area (Å²) >= 11 is 6.55. The van der Waals surface area contributed by atoms with Gasteiger partial charge in [-0.15, -0.1) is 0 Å². The lowest BCUT2D eigenvalue weighted by atomic mass is 10.1. The van der Waals surface area contributed by atoms with Gasteiger partial charge in [0.2, 0.25) is 0 Å². The molecule has 3 nitrogen and oxygen atoms in total. The minimum atomic E-state index is 0.459. The molecule has 0 aromatic heterocycles. The van der Waals surface area contributed by atoms with Crippen LogP contribution in [0.25, 0.3) is 10.8 Å². The van der Waals surface area contributed by atoms with Gasteiger partial charge in [0.25, 0.3) is 0 Å². The van der Waals surface area contributed by atoms with Crippen LogP contribution < -0.4 is 14.8 Å². The average Bonchev–Trinajstić information content (AvgIpc) is 2.77. The van der Waals surface area contributed by atoms with Crippen LogP contribution in [0.5, 0.6) is 11.5 Å². The van der Waals surface area contributed by atoms with Crippen LogP contribution in [0.2, 0.25) is 5.02 Å². The van der Waals surface area contributed by atoms with Gasteiger partial charge < -0.3 is 14.8 Å². The standard InChI is InChI=1S/C25H22ClNO2/c1-28-24-14-20(16-27-23-13-7-11-19-10-5-6-12-21(19)23)22(26)15-25(24)29-17-18-8-3-2-4-9-18/h2-15,27H,16-17H2,1H3. The van der Waals surface area contributed by atoms with Crippen LogP contribution in [0, 0.1) is 0 Å². The molecule has 1 N–H and O–H groups in total. The number of nitrogens with one attached hydrogen (secondary N) is 1. The van der Waals surface area contributed by atoms with Crippen LogP contribution >= 0.6 is 11.6 Å². The van der Waals surface area contributed by atoms with Crippen molar-refractivity contribution in [3.8, 4) is 11.5 Å². The van der Waals surface area contributed by atoms with Gasteiger partial charge in [-0.1, -0.05) is 78.3 Å². The van der Waals surface area contributed by atoms with Gasteiger partial charge in [-0.2, -0.15) is 0 Å². The molecule has 0 fully saturated rings. The van der Waals surface area contributed by atoms with Crippen molar-refractivity contribution in [3.05, 3.63) is 101 Å². The highest BCUT2D eigenvalue weighted by Crippen LogP contribution is 2.34. The minimum Gasteiger partial charge on any atom is -0.493 e. The summed E-state index contributed by atoms with van der Waals surface area (Å²) < 4.78 is 11.5. The van der Waals surface area contributed by atoms with E-state index in [9.17, 15) is 0 Å². The SMILES string of the molecule is COc1cc(CNc2cccc3ccccc23)c(Cl)cc1OCc1ccccc1. The summed E-state index contributed by atoms with van der Waals surface area (Å²) in [5, 5.41) is 6.51. The van der Waals surface area contributed by atoms with Gasteiger partial charge in [0.15, 0.2) is 11.5 Å². The molecule has 146 valence electrons. The zero-order valence-corrected chi connectivity index (χ0v) is 16.9. The van der Waals surface area contributed by atoms with Crippen LogP contribution in [-0.2, 0) is 13.2 Å².